The van der Waals surface area contributed by atoms with Gasteiger partial charge in [0.1, 0.15) is 28.7 Å². The molecule has 0 saturated carbocycles. The van der Waals surface area contributed by atoms with Crippen LogP contribution >= 0.6 is 21.6 Å². The number of hydrogen-bond donors (Lipinski definition) is 3. The number of piperidine rings is 1. The first kappa shape index (κ1) is 32.9. The van der Waals surface area contributed by atoms with E-state index in [4.69, 9.17) is 0 Å². The number of carbonyl (C=O) groups is 4. The Morgan fingerprint density at radius 3 is 2.42 bits per heavy atom. The molecule has 1 aromatic heterocycles. The number of fused-ring (bicyclic) bond motifs is 1. The van der Waals surface area contributed by atoms with Crippen LogP contribution in [-0.4, -0.2) is 69.0 Å². The van der Waals surface area contributed by atoms with Crippen LogP contribution in [0.1, 0.15) is 71.3 Å². The summed E-state index contributed by atoms with van der Waals surface area (Å²) in [5.41, 5.74) is -0.393. The van der Waals surface area contributed by atoms with E-state index in [2.05, 4.69) is 20.9 Å². The highest BCUT2D eigenvalue weighted by atomic mass is 33.1. The number of unbranched alkanes of at least 4 members (excludes halogenated alkanes) is 2. The van der Waals surface area contributed by atoms with Crippen molar-refractivity contribution < 1.29 is 19.2 Å². The third kappa shape index (κ3) is 9.22. The van der Waals surface area contributed by atoms with Crippen LogP contribution in [0.15, 0.2) is 59.8 Å². The maximum atomic E-state index is 14.1. The molecule has 2 aliphatic rings. The molecule has 2 aromatic rings. The number of pyridine rings is 1. The van der Waals surface area contributed by atoms with E-state index in [0.29, 0.717) is 12.8 Å². The summed E-state index contributed by atoms with van der Waals surface area (Å²) in [6, 6.07) is 12.8. The lowest BCUT2D eigenvalue weighted by atomic mass is 9.92. The number of nitrogens with one attached hydrogen (secondary N) is 3. The molecule has 0 radical (unpaired) electrons. The summed E-state index contributed by atoms with van der Waals surface area (Å²) < 4.78 is 0. The van der Waals surface area contributed by atoms with Gasteiger partial charge in [-0.05, 0) is 81.4 Å². The number of nitrogens with zero attached hydrogens (tertiary/aromatic N) is 2. The van der Waals surface area contributed by atoms with Gasteiger partial charge in [-0.15, -0.1) is 0 Å². The Labute approximate surface area is 262 Å². The predicted molar refractivity (Wildman–Crippen MR) is 171 cm³/mol. The monoisotopic (exact) mass is 625 g/mol. The maximum Gasteiger partial charge on any atom is 0.246 e. The molecule has 4 atom stereocenters. The average molecular weight is 626 g/mol. The topological polar surface area (TPSA) is 120 Å². The Kier molecular flexibility index (Phi) is 11.9. The Morgan fingerprint density at radius 2 is 1.67 bits per heavy atom. The van der Waals surface area contributed by atoms with Crippen LogP contribution in [0.5, 0.6) is 0 Å². The fraction of sp³-hybridized carbons (Fsp3) is 0.531. The molecule has 43 heavy (non-hydrogen) atoms. The molecule has 11 heteroatoms. The third-order valence-corrected chi connectivity index (χ3v) is 10.3. The molecule has 1 unspecified atom stereocenters. The Morgan fingerprint density at radius 1 is 0.907 bits per heavy atom. The van der Waals surface area contributed by atoms with Crippen molar-refractivity contribution in [2.75, 3.05) is 5.75 Å². The van der Waals surface area contributed by atoms with Crippen LogP contribution < -0.4 is 16.0 Å². The zero-order valence-corrected chi connectivity index (χ0v) is 26.8. The van der Waals surface area contributed by atoms with Crippen molar-refractivity contribution in [3.63, 3.8) is 0 Å². The van der Waals surface area contributed by atoms with Gasteiger partial charge in [-0.3, -0.25) is 19.2 Å². The maximum absolute atomic E-state index is 14.1. The van der Waals surface area contributed by atoms with Crippen LogP contribution in [0.25, 0.3) is 0 Å². The number of amides is 4. The van der Waals surface area contributed by atoms with Crippen LogP contribution in [0.4, 0.5) is 0 Å². The molecule has 1 aromatic carbocycles. The van der Waals surface area contributed by atoms with E-state index < -0.39 is 35.5 Å². The van der Waals surface area contributed by atoms with Crippen molar-refractivity contribution >= 4 is 45.2 Å². The highest BCUT2D eigenvalue weighted by Crippen LogP contribution is 2.30. The van der Waals surface area contributed by atoms with E-state index in [-0.39, 0.29) is 24.3 Å². The zero-order chi connectivity index (χ0) is 30.8. The summed E-state index contributed by atoms with van der Waals surface area (Å²) in [6.45, 7) is 5.19. The fourth-order valence-corrected chi connectivity index (χ4v) is 7.59. The van der Waals surface area contributed by atoms with E-state index in [0.717, 1.165) is 48.4 Å². The van der Waals surface area contributed by atoms with Gasteiger partial charge < -0.3 is 20.9 Å². The van der Waals surface area contributed by atoms with Gasteiger partial charge in [-0.2, -0.15) is 0 Å². The predicted octanol–water partition coefficient (Wildman–Crippen LogP) is 4.27. The van der Waals surface area contributed by atoms with E-state index in [9.17, 15) is 19.2 Å². The highest BCUT2D eigenvalue weighted by Gasteiger charge is 2.43. The molecular weight excluding hydrogens is 583 g/mol. The number of hydrogen-bond acceptors (Lipinski definition) is 7. The van der Waals surface area contributed by atoms with Gasteiger partial charge in [-0.25, -0.2) is 4.98 Å². The van der Waals surface area contributed by atoms with Gasteiger partial charge in [0, 0.05) is 24.4 Å². The summed E-state index contributed by atoms with van der Waals surface area (Å²) in [6.07, 6.45) is 7.19. The lowest BCUT2D eigenvalue weighted by Crippen LogP contribution is -2.66. The minimum Gasteiger partial charge on any atom is -0.343 e. The van der Waals surface area contributed by atoms with E-state index in [1.807, 2.05) is 55.5 Å². The summed E-state index contributed by atoms with van der Waals surface area (Å²) in [7, 11) is 3.39. The minimum atomic E-state index is -1.29. The molecule has 2 saturated heterocycles. The molecule has 3 N–H and O–H groups in total. The number of benzene rings is 1. The summed E-state index contributed by atoms with van der Waals surface area (Å²) >= 11 is 0. The summed E-state index contributed by atoms with van der Waals surface area (Å²) in [5, 5.41) is 9.72. The Balaban J connectivity index is 1.45. The van der Waals surface area contributed by atoms with Gasteiger partial charge in [0.25, 0.3) is 0 Å². The lowest BCUT2D eigenvalue weighted by molar-refractivity contribution is -0.150. The van der Waals surface area contributed by atoms with Crippen molar-refractivity contribution in [1.82, 2.24) is 25.8 Å². The first-order valence-electron chi connectivity index (χ1n) is 15.2. The third-order valence-electron chi connectivity index (χ3n) is 7.99. The van der Waals surface area contributed by atoms with Crippen LogP contribution in [-0.2, 0) is 25.6 Å². The molecular formula is C32H43N5O4S2. The van der Waals surface area contributed by atoms with Crippen molar-refractivity contribution in [2.24, 2.45) is 0 Å². The average Bonchev–Trinajstić information content (AvgIpc) is 2.99. The first-order valence-corrected chi connectivity index (χ1v) is 17.5. The van der Waals surface area contributed by atoms with Gasteiger partial charge in [0.05, 0.1) is 0 Å². The van der Waals surface area contributed by atoms with Crippen molar-refractivity contribution in [3.8, 4) is 0 Å². The van der Waals surface area contributed by atoms with Gasteiger partial charge in [0.2, 0.25) is 23.6 Å². The van der Waals surface area contributed by atoms with Crippen molar-refractivity contribution in [2.45, 2.75) is 107 Å². The van der Waals surface area contributed by atoms with Gasteiger partial charge in [0.15, 0.2) is 0 Å². The second-order valence-electron chi connectivity index (χ2n) is 11.9. The molecule has 2 fully saturated rings. The second-order valence-corrected chi connectivity index (χ2v) is 14.3. The van der Waals surface area contributed by atoms with Crippen LogP contribution in [0.2, 0.25) is 0 Å². The van der Waals surface area contributed by atoms with Crippen LogP contribution in [0.3, 0.4) is 0 Å². The largest absolute Gasteiger partial charge is 0.343 e. The van der Waals surface area contributed by atoms with Crippen LogP contribution in [0, 0.1) is 0 Å². The van der Waals surface area contributed by atoms with Gasteiger partial charge in [-0.1, -0.05) is 60.0 Å². The fourth-order valence-electron chi connectivity index (χ4n) is 5.56. The van der Waals surface area contributed by atoms with Gasteiger partial charge >= 0.3 is 0 Å². The molecule has 4 rings (SSSR count). The molecule has 0 spiro atoms. The number of carbonyl (C=O) groups excluding carboxylic acids is 4. The van der Waals surface area contributed by atoms with E-state index in [1.165, 1.54) is 0 Å². The highest BCUT2D eigenvalue weighted by molar-refractivity contribution is 8.76. The second kappa shape index (κ2) is 15.6. The quantitative estimate of drug-likeness (QED) is 0.266. The smallest absolute Gasteiger partial charge is 0.246 e. The number of rotatable bonds is 10. The molecule has 2 aliphatic heterocycles. The molecule has 0 aliphatic carbocycles. The SMILES string of the molecule is CC1CCC[C@@H]2C(=O)N[C@@H](CCCCCSSc3ccccn3)C(=O)NC(C)(C)C(=O)N[C@@H](Cc3ccccc3)C(=O)N12. The zero-order valence-electron chi connectivity index (χ0n) is 25.2. The molecule has 232 valence electrons. The molecule has 9 nitrogen and oxygen atoms in total. The first-order chi connectivity index (χ1) is 20.7. The van der Waals surface area contributed by atoms with Crippen molar-refractivity contribution in [3.05, 3.63) is 60.3 Å². The molecule has 4 amide bonds. The van der Waals surface area contributed by atoms with E-state index >= 15 is 0 Å². The standard InChI is InChI=1S/C32H43N5O4S2/c1-22-13-12-17-26-29(39)34-24(16-8-5-11-20-42-43-27-18-9-10-19-33-27)28(38)36-32(2,3)31(41)35-25(30(40)37(22)26)21-23-14-6-4-7-15-23/h4,6-7,9-10,14-15,18-19,22,24-26H,5,8,11-13,16-17,20-21H2,1-3H3,(H,34,39)(H,35,41)(H,36,38)/t22?,24-,25-,26+/m0/s1. The number of aromatic nitrogens is 1. The summed E-state index contributed by atoms with van der Waals surface area (Å²) in [4.78, 5) is 60.8. The Bertz CT molecular complexity index is 1250. The molecule has 0 bridgehead atoms. The van der Waals surface area contributed by atoms with Crippen molar-refractivity contribution in [1.29, 1.82) is 0 Å². The normalized spacial score (nSPS) is 24.6. The summed E-state index contributed by atoms with van der Waals surface area (Å²) in [5.74, 6) is -0.478. The lowest BCUT2D eigenvalue weighted by Gasteiger charge is -2.43. The minimum absolute atomic E-state index is 0.170. The van der Waals surface area contributed by atoms with E-state index in [1.54, 1.807) is 46.5 Å². The Hall–Kier alpha value is -3.05. The molecule has 3 heterocycles.